The molecule has 0 aliphatic heterocycles. The molecule has 0 radical (unpaired) electrons. The molecule has 0 saturated heterocycles. The summed E-state index contributed by atoms with van der Waals surface area (Å²) in [6.07, 6.45) is 0.437. The van der Waals surface area contributed by atoms with E-state index in [-0.39, 0.29) is 31.0 Å². The summed E-state index contributed by atoms with van der Waals surface area (Å²) >= 11 is 0. The van der Waals surface area contributed by atoms with Gasteiger partial charge in [0, 0.05) is 6.07 Å². The molecule has 0 aliphatic carbocycles. The van der Waals surface area contributed by atoms with Crippen molar-refractivity contribution in [2.24, 2.45) is 0 Å². The fourth-order valence-corrected chi connectivity index (χ4v) is 1.16. The van der Waals surface area contributed by atoms with Crippen molar-refractivity contribution in [1.82, 2.24) is 0 Å². The van der Waals surface area contributed by atoms with Crippen LogP contribution in [0.2, 0.25) is 0 Å². The van der Waals surface area contributed by atoms with Gasteiger partial charge in [-0.25, -0.2) is 13.6 Å². The van der Waals surface area contributed by atoms with Crippen molar-refractivity contribution in [3.8, 4) is 0 Å². The third kappa shape index (κ3) is 5.24. The van der Waals surface area contributed by atoms with E-state index < -0.39 is 29.1 Å². The summed E-state index contributed by atoms with van der Waals surface area (Å²) in [5, 5.41) is 11.5. The van der Waals surface area contributed by atoms with Crippen LogP contribution in [0, 0.1) is 11.6 Å². The number of hydrogen-bond donors (Lipinski definition) is 0. The van der Waals surface area contributed by atoms with Crippen LogP contribution in [0.4, 0.5) is 8.78 Å². The molecule has 0 N–H and O–H groups in total. The third-order valence-electron chi connectivity index (χ3n) is 1.89. The van der Waals surface area contributed by atoms with E-state index in [1.54, 1.807) is 0 Å². The summed E-state index contributed by atoms with van der Waals surface area (Å²) in [6, 6.07) is 2.12. The van der Waals surface area contributed by atoms with Crippen LogP contribution < -0.4 is 24.0 Å². The number of esters is 1. The van der Waals surface area contributed by atoms with Gasteiger partial charge in [-0.3, -0.25) is 4.79 Å². The van der Waals surface area contributed by atoms with Crippen molar-refractivity contribution in [1.29, 1.82) is 0 Å². The standard InChI is InChI=1S/C12H10F2O4.Li/c1-2-18-12(17)11(16)6-10(15)7-3-8(13)5-9(14)4-7;/h3-6,15H,2H2,1H3;/q;+1/p-1/b10-6+;. The Kier molecular flexibility index (Phi) is 7.05. The number of carbonyl (C=O) groups is 2. The minimum atomic E-state index is -1.19. The first-order valence-corrected chi connectivity index (χ1v) is 5.00. The van der Waals surface area contributed by atoms with Crippen LogP contribution in [0.25, 0.3) is 5.76 Å². The minimum absolute atomic E-state index is 0. The summed E-state index contributed by atoms with van der Waals surface area (Å²) in [6.45, 7) is 1.48. The molecule has 0 fully saturated rings. The molecule has 0 aromatic heterocycles. The molecular formula is C12H9F2LiO4. The maximum Gasteiger partial charge on any atom is 1.00 e. The van der Waals surface area contributed by atoms with E-state index in [1.807, 2.05) is 0 Å². The van der Waals surface area contributed by atoms with Crippen LogP contribution in [0.5, 0.6) is 0 Å². The molecule has 0 saturated carbocycles. The Labute approximate surface area is 120 Å². The molecule has 0 unspecified atom stereocenters. The molecule has 1 rings (SSSR count). The fourth-order valence-electron chi connectivity index (χ4n) is 1.16. The summed E-state index contributed by atoms with van der Waals surface area (Å²) < 4.78 is 30.0. The van der Waals surface area contributed by atoms with Gasteiger partial charge in [0.2, 0.25) is 0 Å². The van der Waals surface area contributed by atoms with Crippen LogP contribution in [-0.4, -0.2) is 18.4 Å². The predicted octanol–water partition coefficient (Wildman–Crippen LogP) is -2.20. The molecule has 0 spiro atoms. The Balaban J connectivity index is 0.00000324. The number of benzene rings is 1. The minimum Gasteiger partial charge on any atom is -0.872 e. The zero-order chi connectivity index (χ0) is 13.7. The number of hydrogen-bond acceptors (Lipinski definition) is 4. The van der Waals surface area contributed by atoms with E-state index in [4.69, 9.17) is 0 Å². The number of ketones is 1. The molecular weight excluding hydrogens is 253 g/mol. The number of rotatable bonds is 4. The average Bonchev–Trinajstić information content (AvgIpc) is 2.27. The van der Waals surface area contributed by atoms with E-state index in [1.165, 1.54) is 6.92 Å². The van der Waals surface area contributed by atoms with Crippen molar-refractivity contribution in [2.75, 3.05) is 6.61 Å². The van der Waals surface area contributed by atoms with Gasteiger partial charge >= 0.3 is 24.8 Å². The van der Waals surface area contributed by atoms with Crippen LogP contribution in [0.1, 0.15) is 12.5 Å². The summed E-state index contributed by atoms with van der Waals surface area (Å²) in [5.74, 6) is -5.23. The molecule has 4 nitrogen and oxygen atoms in total. The molecule has 0 heterocycles. The second-order valence-electron chi connectivity index (χ2n) is 3.25. The first kappa shape index (κ1) is 17.4. The van der Waals surface area contributed by atoms with E-state index in [2.05, 4.69) is 4.74 Å². The Morgan fingerprint density at radius 2 is 1.79 bits per heavy atom. The van der Waals surface area contributed by atoms with Crippen LogP contribution in [0.3, 0.4) is 0 Å². The number of halogens is 2. The zero-order valence-electron chi connectivity index (χ0n) is 10.4. The largest absolute Gasteiger partial charge is 1.00 e. The van der Waals surface area contributed by atoms with Crippen molar-refractivity contribution in [2.45, 2.75) is 6.92 Å². The third-order valence-corrected chi connectivity index (χ3v) is 1.89. The Hall–Kier alpha value is -1.64. The molecule has 0 aliphatic rings. The first-order chi connectivity index (χ1) is 8.43. The van der Waals surface area contributed by atoms with Crippen molar-refractivity contribution >= 4 is 17.5 Å². The molecule has 1 aromatic carbocycles. The Bertz CT molecular complexity index is 494. The quantitative estimate of drug-likeness (QED) is 0.203. The SMILES string of the molecule is CCOC(=O)C(=O)/C=C(/[O-])c1cc(F)cc(F)c1.[Li+]. The van der Waals surface area contributed by atoms with Crippen LogP contribution >= 0.6 is 0 Å². The van der Waals surface area contributed by atoms with E-state index in [0.29, 0.717) is 12.1 Å². The molecule has 19 heavy (non-hydrogen) atoms. The second-order valence-corrected chi connectivity index (χ2v) is 3.25. The average molecular weight is 262 g/mol. The van der Waals surface area contributed by atoms with E-state index in [0.717, 1.165) is 12.1 Å². The van der Waals surface area contributed by atoms with Crippen molar-refractivity contribution in [3.05, 3.63) is 41.5 Å². The van der Waals surface area contributed by atoms with Gasteiger partial charge in [0.25, 0.3) is 5.78 Å². The monoisotopic (exact) mass is 262 g/mol. The maximum absolute atomic E-state index is 12.8. The summed E-state index contributed by atoms with van der Waals surface area (Å²) in [4.78, 5) is 22.1. The van der Waals surface area contributed by atoms with E-state index in [9.17, 15) is 23.5 Å². The van der Waals surface area contributed by atoms with E-state index >= 15 is 0 Å². The summed E-state index contributed by atoms with van der Waals surface area (Å²) in [7, 11) is 0. The molecule has 96 valence electrons. The van der Waals surface area contributed by atoms with Gasteiger partial charge in [-0.1, -0.05) is 5.76 Å². The maximum atomic E-state index is 12.8. The van der Waals surface area contributed by atoms with Crippen molar-refractivity contribution in [3.63, 3.8) is 0 Å². The normalized spacial score (nSPS) is 10.6. The fraction of sp³-hybridized carbons (Fsp3) is 0.167. The number of ether oxygens (including phenoxy) is 1. The first-order valence-electron chi connectivity index (χ1n) is 5.00. The van der Waals surface area contributed by atoms with Gasteiger partial charge in [0.1, 0.15) is 11.6 Å². The second kappa shape index (κ2) is 7.72. The predicted molar refractivity (Wildman–Crippen MR) is 56.0 cm³/mol. The van der Waals surface area contributed by atoms with Gasteiger partial charge in [0.05, 0.1) is 6.61 Å². The molecule has 0 bridgehead atoms. The smallest absolute Gasteiger partial charge is 0.872 e. The number of carbonyl (C=O) groups excluding carboxylic acids is 2. The van der Waals surface area contributed by atoms with Gasteiger partial charge in [-0.2, -0.15) is 0 Å². The molecule has 0 amide bonds. The van der Waals surface area contributed by atoms with Gasteiger partial charge in [-0.15, -0.1) is 0 Å². The molecule has 0 atom stereocenters. The Morgan fingerprint density at radius 3 is 2.26 bits per heavy atom. The topological polar surface area (TPSA) is 66.4 Å². The van der Waals surface area contributed by atoms with Crippen LogP contribution in [-0.2, 0) is 14.3 Å². The van der Waals surface area contributed by atoms with Crippen molar-refractivity contribution < 1.29 is 47.1 Å². The molecule has 7 heteroatoms. The van der Waals surface area contributed by atoms with Crippen LogP contribution in [0.15, 0.2) is 24.3 Å². The Morgan fingerprint density at radius 1 is 1.26 bits per heavy atom. The molecule has 1 aromatic rings. The van der Waals surface area contributed by atoms with Gasteiger partial charge < -0.3 is 9.84 Å². The van der Waals surface area contributed by atoms with Gasteiger partial charge in [-0.05, 0) is 30.7 Å². The summed E-state index contributed by atoms with van der Waals surface area (Å²) in [5.41, 5.74) is -0.356. The van der Waals surface area contributed by atoms with Gasteiger partial charge in [0.15, 0.2) is 0 Å². The zero-order valence-corrected chi connectivity index (χ0v) is 10.4.